The van der Waals surface area contributed by atoms with Crippen molar-refractivity contribution in [2.24, 2.45) is 0 Å². The maximum Gasteiger partial charge on any atom is 0.341 e. The summed E-state index contributed by atoms with van der Waals surface area (Å²) in [7, 11) is 0. The zero-order chi connectivity index (χ0) is 35.6. The Labute approximate surface area is 305 Å². The summed E-state index contributed by atoms with van der Waals surface area (Å²) in [5.74, 6) is -1.43. The Hall–Kier alpha value is -5.19. The fourth-order valence-electron chi connectivity index (χ4n) is 6.07. The van der Waals surface area contributed by atoms with Crippen LogP contribution in [0.5, 0.6) is 0 Å². The van der Waals surface area contributed by atoms with Crippen LogP contribution < -0.4 is 16.0 Å². The van der Waals surface area contributed by atoms with Gasteiger partial charge in [0, 0.05) is 21.0 Å². The Morgan fingerprint density at radius 2 is 1.57 bits per heavy atom. The van der Waals surface area contributed by atoms with Crippen molar-refractivity contribution in [1.29, 1.82) is 0 Å². The van der Waals surface area contributed by atoms with Crippen LogP contribution in [0.4, 0.5) is 10.7 Å². The molecule has 0 aliphatic heterocycles. The number of fused-ring (bicyclic) bond motifs is 2. The molecule has 51 heavy (non-hydrogen) atoms. The molecular formula is C41H39N3O5S2. The molecule has 0 fully saturated rings. The van der Waals surface area contributed by atoms with E-state index in [0.29, 0.717) is 21.8 Å². The van der Waals surface area contributed by atoms with E-state index < -0.39 is 17.8 Å². The van der Waals surface area contributed by atoms with Crippen LogP contribution in [0.3, 0.4) is 0 Å². The molecule has 6 rings (SSSR count). The molecular weight excluding hydrogens is 679 g/mol. The molecule has 260 valence electrons. The molecule has 1 aromatic heterocycles. The minimum absolute atomic E-state index is 0.0834. The predicted octanol–water partition coefficient (Wildman–Crippen LogP) is 8.88. The number of benzene rings is 4. The van der Waals surface area contributed by atoms with E-state index in [4.69, 9.17) is 4.74 Å². The van der Waals surface area contributed by atoms with Gasteiger partial charge < -0.3 is 20.7 Å². The van der Waals surface area contributed by atoms with E-state index in [9.17, 15) is 19.2 Å². The largest absolute Gasteiger partial charge is 0.462 e. The lowest BCUT2D eigenvalue weighted by Crippen LogP contribution is -2.30. The number of carbonyl (C=O) groups excluding carboxylic acids is 4. The van der Waals surface area contributed by atoms with E-state index >= 15 is 0 Å². The fraction of sp³-hybridized carbons (Fsp3) is 0.220. The first-order valence-electron chi connectivity index (χ1n) is 17.1. The van der Waals surface area contributed by atoms with E-state index in [0.717, 1.165) is 70.2 Å². The lowest BCUT2D eigenvalue weighted by Gasteiger charge is -2.13. The second-order valence-corrected chi connectivity index (χ2v) is 14.3. The van der Waals surface area contributed by atoms with Gasteiger partial charge in [0.25, 0.3) is 11.8 Å². The SMILES string of the molecule is CCOC(=O)c1c(NC(=O)CSc2cccc(NC(=O)/C(=C\c3cccc4ccccc34)NC(=O)c3ccccc3)c2)sc2c1CCCCCC2. The summed E-state index contributed by atoms with van der Waals surface area (Å²) < 4.78 is 5.38. The molecule has 3 amide bonds. The van der Waals surface area contributed by atoms with E-state index in [2.05, 4.69) is 16.0 Å². The number of thiophene rings is 1. The first-order valence-corrected chi connectivity index (χ1v) is 18.9. The van der Waals surface area contributed by atoms with Crippen molar-refractivity contribution in [2.75, 3.05) is 23.0 Å². The Morgan fingerprint density at radius 1 is 0.824 bits per heavy atom. The summed E-state index contributed by atoms with van der Waals surface area (Å²) in [5.41, 5.74) is 3.30. The number of nitrogens with one attached hydrogen (secondary N) is 3. The Morgan fingerprint density at radius 3 is 2.39 bits per heavy atom. The quantitative estimate of drug-likeness (QED) is 0.0715. The molecule has 1 aliphatic carbocycles. The first kappa shape index (κ1) is 35.6. The van der Waals surface area contributed by atoms with Gasteiger partial charge >= 0.3 is 5.97 Å². The molecule has 0 atom stereocenters. The van der Waals surface area contributed by atoms with Crippen molar-refractivity contribution < 1.29 is 23.9 Å². The molecule has 10 heteroatoms. The Balaban J connectivity index is 1.17. The van der Waals surface area contributed by atoms with E-state index in [-0.39, 0.29) is 24.0 Å². The second-order valence-electron chi connectivity index (χ2n) is 12.1. The number of thioether (sulfide) groups is 1. The van der Waals surface area contributed by atoms with Gasteiger partial charge in [0.05, 0.1) is 17.9 Å². The monoisotopic (exact) mass is 717 g/mol. The van der Waals surface area contributed by atoms with Crippen LogP contribution in [0.25, 0.3) is 16.8 Å². The zero-order valence-corrected chi connectivity index (χ0v) is 30.0. The molecule has 5 aromatic rings. The average Bonchev–Trinajstić information content (AvgIpc) is 3.46. The van der Waals surface area contributed by atoms with Gasteiger partial charge in [-0.15, -0.1) is 23.1 Å². The molecule has 1 heterocycles. The molecule has 8 nitrogen and oxygen atoms in total. The van der Waals surface area contributed by atoms with Crippen molar-refractivity contribution in [3.8, 4) is 0 Å². The molecule has 0 saturated heterocycles. The van der Waals surface area contributed by atoms with Gasteiger partial charge in [-0.05, 0) is 90.9 Å². The smallest absolute Gasteiger partial charge is 0.341 e. The standard InChI is InChI=1S/C41H39N3O5S2/c1-2-49-41(48)37-33-22-8-3-4-9-23-35(33)51-40(37)44-36(45)26-50-31-20-13-19-30(25-31)42-39(47)34(43-38(46)28-15-6-5-7-16-28)24-29-18-12-17-27-14-10-11-21-32(27)29/h5-7,10-21,24-25H,2-4,8-9,22-23,26H2,1H3,(H,42,47)(H,43,46)(H,44,45)/b34-24+. The molecule has 3 N–H and O–H groups in total. The molecule has 0 spiro atoms. The van der Waals surface area contributed by atoms with Gasteiger partial charge in [0.1, 0.15) is 10.7 Å². The van der Waals surface area contributed by atoms with Crippen molar-refractivity contribution in [3.63, 3.8) is 0 Å². The Bertz CT molecular complexity index is 2080. The van der Waals surface area contributed by atoms with Crippen LogP contribution in [0.15, 0.2) is 108 Å². The molecule has 0 radical (unpaired) electrons. The Kier molecular flexibility index (Phi) is 12.0. The van der Waals surface area contributed by atoms with Gasteiger partial charge in [-0.3, -0.25) is 14.4 Å². The van der Waals surface area contributed by atoms with Gasteiger partial charge in [0.15, 0.2) is 0 Å². The van der Waals surface area contributed by atoms with E-state index in [1.165, 1.54) is 23.1 Å². The zero-order valence-electron chi connectivity index (χ0n) is 28.3. The number of anilines is 2. The van der Waals surface area contributed by atoms with Crippen LogP contribution >= 0.6 is 23.1 Å². The highest BCUT2D eigenvalue weighted by atomic mass is 32.2. The summed E-state index contributed by atoms with van der Waals surface area (Å²) >= 11 is 2.80. The van der Waals surface area contributed by atoms with Gasteiger partial charge in [-0.1, -0.05) is 79.6 Å². The number of esters is 1. The van der Waals surface area contributed by atoms with Crippen molar-refractivity contribution in [3.05, 3.63) is 130 Å². The van der Waals surface area contributed by atoms with E-state index in [1.54, 1.807) is 55.5 Å². The molecule has 1 aliphatic rings. The normalized spacial score (nSPS) is 13.0. The first-order chi connectivity index (χ1) is 24.9. The van der Waals surface area contributed by atoms with Crippen molar-refractivity contribution in [1.82, 2.24) is 5.32 Å². The second kappa shape index (κ2) is 17.2. The van der Waals surface area contributed by atoms with E-state index in [1.807, 2.05) is 54.6 Å². The van der Waals surface area contributed by atoms with Crippen LogP contribution in [0.1, 0.15) is 69.3 Å². The third-order valence-corrected chi connectivity index (χ3v) is 10.7. The molecule has 0 unspecified atom stereocenters. The van der Waals surface area contributed by atoms with Crippen molar-refractivity contribution >= 4 is 74.3 Å². The van der Waals surface area contributed by atoms with Crippen LogP contribution in [-0.2, 0) is 27.2 Å². The summed E-state index contributed by atoms with van der Waals surface area (Å²) in [6.07, 6.45) is 7.73. The molecule has 4 aromatic carbocycles. The number of aryl methyl sites for hydroxylation is 1. The third kappa shape index (κ3) is 9.14. The summed E-state index contributed by atoms with van der Waals surface area (Å²) in [6, 6.07) is 29.6. The maximum atomic E-state index is 13.8. The van der Waals surface area contributed by atoms with Crippen molar-refractivity contribution in [2.45, 2.75) is 50.3 Å². The number of hydrogen-bond acceptors (Lipinski definition) is 7. The lowest BCUT2D eigenvalue weighted by atomic mass is 9.96. The number of rotatable bonds is 11. The molecule has 0 saturated carbocycles. The van der Waals surface area contributed by atoms with Gasteiger partial charge in [-0.2, -0.15) is 0 Å². The lowest BCUT2D eigenvalue weighted by molar-refractivity contribution is -0.114. The minimum atomic E-state index is -0.494. The highest BCUT2D eigenvalue weighted by Gasteiger charge is 2.26. The average molecular weight is 718 g/mol. The summed E-state index contributed by atoms with van der Waals surface area (Å²) in [6.45, 7) is 2.04. The fourth-order valence-corrected chi connectivity index (χ4v) is 8.12. The number of ether oxygens (including phenoxy) is 1. The van der Waals surface area contributed by atoms with Crippen LogP contribution in [0, 0.1) is 0 Å². The number of amides is 3. The highest BCUT2D eigenvalue weighted by molar-refractivity contribution is 8.00. The summed E-state index contributed by atoms with van der Waals surface area (Å²) in [5, 5.41) is 11.2. The van der Waals surface area contributed by atoms with Crippen LogP contribution in [-0.4, -0.2) is 36.1 Å². The van der Waals surface area contributed by atoms with Gasteiger partial charge in [-0.25, -0.2) is 4.79 Å². The minimum Gasteiger partial charge on any atom is -0.462 e. The highest BCUT2D eigenvalue weighted by Crippen LogP contribution is 2.38. The number of hydrogen-bond donors (Lipinski definition) is 3. The van der Waals surface area contributed by atoms with Crippen LogP contribution in [0.2, 0.25) is 0 Å². The number of carbonyl (C=O) groups is 4. The maximum absolute atomic E-state index is 13.8. The predicted molar refractivity (Wildman–Crippen MR) is 206 cm³/mol. The summed E-state index contributed by atoms with van der Waals surface area (Å²) in [4.78, 5) is 55.1. The van der Waals surface area contributed by atoms with Gasteiger partial charge in [0.2, 0.25) is 5.91 Å². The topological polar surface area (TPSA) is 114 Å². The third-order valence-electron chi connectivity index (χ3n) is 8.52. The molecule has 0 bridgehead atoms.